The van der Waals surface area contributed by atoms with Crippen molar-refractivity contribution in [3.8, 4) is 0 Å². The summed E-state index contributed by atoms with van der Waals surface area (Å²) in [4.78, 5) is 26.0. The van der Waals surface area contributed by atoms with E-state index in [1.807, 2.05) is 12.1 Å². The van der Waals surface area contributed by atoms with Gasteiger partial charge in [-0.05, 0) is 23.8 Å². The summed E-state index contributed by atoms with van der Waals surface area (Å²) in [7, 11) is 0. The highest BCUT2D eigenvalue weighted by Gasteiger charge is 2.35. The van der Waals surface area contributed by atoms with Crippen molar-refractivity contribution in [2.75, 3.05) is 13.2 Å². The van der Waals surface area contributed by atoms with Gasteiger partial charge in [0.25, 0.3) is 5.91 Å². The van der Waals surface area contributed by atoms with E-state index in [0.717, 1.165) is 18.4 Å². The van der Waals surface area contributed by atoms with E-state index < -0.39 is 11.7 Å². The Morgan fingerprint density at radius 2 is 1.76 bits per heavy atom. The highest BCUT2D eigenvalue weighted by atomic mass is 16.3. The molecule has 1 aliphatic rings. The molecule has 0 saturated heterocycles. The smallest absolute Gasteiger partial charge is 0.295 e. The topological polar surface area (TPSA) is 57.6 Å². The van der Waals surface area contributed by atoms with Crippen LogP contribution in [0.25, 0.3) is 0 Å². The van der Waals surface area contributed by atoms with Crippen molar-refractivity contribution in [3.05, 3.63) is 35.4 Å². The fourth-order valence-corrected chi connectivity index (χ4v) is 2.32. The van der Waals surface area contributed by atoms with Gasteiger partial charge in [0.2, 0.25) is 5.78 Å². The Hall–Kier alpha value is -1.68. The molecule has 114 valence electrons. The molecule has 1 aliphatic carbocycles. The number of hydrogen-bond acceptors (Lipinski definition) is 3. The molecule has 1 amide bonds. The zero-order valence-corrected chi connectivity index (χ0v) is 12.9. The van der Waals surface area contributed by atoms with Gasteiger partial charge in [0, 0.05) is 18.2 Å². The van der Waals surface area contributed by atoms with Crippen molar-refractivity contribution in [1.82, 2.24) is 4.90 Å². The summed E-state index contributed by atoms with van der Waals surface area (Å²) < 4.78 is 0. The minimum absolute atomic E-state index is 0.0164. The fourth-order valence-electron chi connectivity index (χ4n) is 2.32. The molecule has 1 aromatic carbocycles. The summed E-state index contributed by atoms with van der Waals surface area (Å²) in [5, 5.41) is 9.04. The summed E-state index contributed by atoms with van der Waals surface area (Å²) in [5.74, 6) is -0.995. The van der Waals surface area contributed by atoms with Crippen molar-refractivity contribution < 1.29 is 14.7 Å². The maximum absolute atomic E-state index is 12.3. The van der Waals surface area contributed by atoms with Crippen LogP contribution >= 0.6 is 0 Å². The van der Waals surface area contributed by atoms with Crippen LogP contribution in [0.2, 0.25) is 0 Å². The molecule has 0 atom stereocenters. The standard InChI is InChI=1S/C17H23NO3/c1-17(2,3)13-6-4-12(5-7-13)15(20)16(21)18(10-11-19)14-8-9-14/h4-7,14,19H,8-11H2,1-3H3. The SMILES string of the molecule is CC(C)(C)c1ccc(C(=O)C(=O)N(CCO)C2CC2)cc1. The molecule has 1 saturated carbocycles. The maximum atomic E-state index is 12.3. The Labute approximate surface area is 125 Å². The molecule has 0 aliphatic heterocycles. The lowest BCUT2D eigenvalue weighted by Gasteiger charge is -2.21. The number of carbonyl (C=O) groups is 2. The predicted octanol–water partition coefficient (Wildman–Crippen LogP) is 2.15. The zero-order chi connectivity index (χ0) is 15.6. The van der Waals surface area contributed by atoms with Gasteiger partial charge in [-0.2, -0.15) is 0 Å². The van der Waals surface area contributed by atoms with Crippen molar-refractivity contribution >= 4 is 11.7 Å². The Morgan fingerprint density at radius 3 is 2.19 bits per heavy atom. The first-order valence-electron chi connectivity index (χ1n) is 7.41. The van der Waals surface area contributed by atoms with E-state index >= 15 is 0 Å². The van der Waals surface area contributed by atoms with Crippen LogP contribution in [-0.2, 0) is 10.2 Å². The van der Waals surface area contributed by atoms with Gasteiger partial charge in [-0.3, -0.25) is 9.59 Å². The van der Waals surface area contributed by atoms with Crippen LogP contribution in [0.15, 0.2) is 24.3 Å². The number of hydrogen-bond donors (Lipinski definition) is 1. The molecule has 4 heteroatoms. The number of aliphatic hydroxyl groups is 1. The molecule has 0 spiro atoms. The van der Waals surface area contributed by atoms with Gasteiger partial charge in [0.05, 0.1) is 6.61 Å². The molecule has 0 unspecified atom stereocenters. The first kappa shape index (κ1) is 15.7. The molecule has 1 fully saturated rings. The number of Topliss-reactive ketones (excluding diaryl/α,β-unsaturated/α-hetero) is 1. The highest BCUT2D eigenvalue weighted by molar-refractivity contribution is 6.42. The summed E-state index contributed by atoms with van der Waals surface area (Å²) in [6.45, 7) is 6.43. The molecule has 1 N–H and O–H groups in total. The molecule has 0 aromatic heterocycles. The van der Waals surface area contributed by atoms with Crippen LogP contribution in [0, 0.1) is 0 Å². The summed E-state index contributed by atoms with van der Waals surface area (Å²) in [6, 6.07) is 7.35. The minimum atomic E-state index is -0.505. The van der Waals surface area contributed by atoms with Crippen LogP contribution in [0.4, 0.5) is 0 Å². The van der Waals surface area contributed by atoms with Crippen molar-refractivity contribution in [2.45, 2.75) is 45.1 Å². The van der Waals surface area contributed by atoms with Crippen molar-refractivity contribution in [3.63, 3.8) is 0 Å². The number of amides is 1. The lowest BCUT2D eigenvalue weighted by molar-refractivity contribution is -0.127. The molecule has 0 radical (unpaired) electrons. The first-order chi connectivity index (χ1) is 9.84. The second kappa shape index (κ2) is 5.98. The van der Waals surface area contributed by atoms with Crippen LogP contribution in [0.1, 0.15) is 49.5 Å². The largest absolute Gasteiger partial charge is 0.395 e. The minimum Gasteiger partial charge on any atom is -0.395 e. The Morgan fingerprint density at radius 1 is 1.19 bits per heavy atom. The Kier molecular flexibility index (Phi) is 4.47. The van der Waals surface area contributed by atoms with E-state index in [1.54, 1.807) is 12.1 Å². The molecule has 0 heterocycles. The number of nitrogens with zero attached hydrogens (tertiary/aromatic N) is 1. The molecule has 21 heavy (non-hydrogen) atoms. The van der Waals surface area contributed by atoms with E-state index in [4.69, 9.17) is 5.11 Å². The van der Waals surface area contributed by atoms with Crippen LogP contribution in [0.3, 0.4) is 0 Å². The Balaban J connectivity index is 2.13. The average Bonchev–Trinajstić information content (AvgIpc) is 3.27. The van der Waals surface area contributed by atoms with Gasteiger partial charge in [-0.25, -0.2) is 0 Å². The number of ketones is 1. The molecular weight excluding hydrogens is 266 g/mol. The van der Waals surface area contributed by atoms with E-state index in [9.17, 15) is 9.59 Å². The van der Waals surface area contributed by atoms with Gasteiger partial charge in [-0.15, -0.1) is 0 Å². The predicted molar refractivity (Wildman–Crippen MR) is 81.3 cm³/mol. The summed E-state index contributed by atoms with van der Waals surface area (Å²) in [5.41, 5.74) is 1.56. The zero-order valence-electron chi connectivity index (χ0n) is 12.9. The lowest BCUT2D eigenvalue weighted by atomic mass is 9.86. The first-order valence-corrected chi connectivity index (χ1v) is 7.41. The van der Waals surface area contributed by atoms with E-state index in [2.05, 4.69) is 20.8 Å². The maximum Gasteiger partial charge on any atom is 0.295 e. The van der Waals surface area contributed by atoms with Crippen LogP contribution < -0.4 is 0 Å². The second-order valence-corrected chi connectivity index (χ2v) is 6.61. The number of rotatable bonds is 5. The van der Waals surface area contributed by atoms with Gasteiger partial charge in [0.1, 0.15) is 0 Å². The van der Waals surface area contributed by atoms with Crippen LogP contribution in [-0.4, -0.2) is 40.9 Å². The molecule has 2 rings (SSSR count). The van der Waals surface area contributed by atoms with Gasteiger partial charge in [0.15, 0.2) is 0 Å². The second-order valence-electron chi connectivity index (χ2n) is 6.61. The summed E-state index contributed by atoms with van der Waals surface area (Å²) >= 11 is 0. The number of benzene rings is 1. The summed E-state index contributed by atoms with van der Waals surface area (Å²) in [6.07, 6.45) is 1.84. The number of carbonyl (C=O) groups excluding carboxylic acids is 2. The average molecular weight is 289 g/mol. The molecule has 1 aromatic rings. The third-order valence-corrected chi connectivity index (χ3v) is 3.80. The monoisotopic (exact) mass is 289 g/mol. The van der Waals surface area contributed by atoms with Crippen molar-refractivity contribution in [1.29, 1.82) is 0 Å². The quantitative estimate of drug-likeness (QED) is 0.667. The van der Waals surface area contributed by atoms with E-state index in [0.29, 0.717) is 5.56 Å². The Bertz CT molecular complexity index is 524. The highest BCUT2D eigenvalue weighted by Crippen LogP contribution is 2.27. The normalized spacial score (nSPS) is 14.9. The molecule has 0 bridgehead atoms. The third kappa shape index (κ3) is 3.70. The fraction of sp³-hybridized carbons (Fsp3) is 0.529. The third-order valence-electron chi connectivity index (χ3n) is 3.80. The lowest BCUT2D eigenvalue weighted by Crippen LogP contribution is -2.40. The molecular formula is C17H23NO3. The molecule has 4 nitrogen and oxygen atoms in total. The van der Waals surface area contributed by atoms with Crippen LogP contribution in [0.5, 0.6) is 0 Å². The number of aliphatic hydroxyl groups excluding tert-OH is 1. The van der Waals surface area contributed by atoms with E-state index in [-0.39, 0.29) is 24.6 Å². The van der Waals surface area contributed by atoms with Gasteiger partial charge >= 0.3 is 0 Å². The van der Waals surface area contributed by atoms with Gasteiger partial charge in [-0.1, -0.05) is 45.0 Å². The van der Waals surface area contributed by atoms with Gasteiger partial charge < -0.3 is 10.0 Å². The van der Waals surface area contributed by atoms with E-state index in [1.165, 1.54) is 4.90 Å². The van der Waals surface area contributed by atoms with Crippen molar-refractivity contribution in [2.24, 2.45) is 0 Å².